The van der Waals surface area contributed by atoms with E-state index >= 15 is 0 Å². The van der Waals surface area contributed by atoms with E-state index in [-0.39, 0.29) is 18.6 Å². The Morgan fingerprint density at radius 1 is 1.09 bits per heavy atom. The van der Waals surface area contributed by atoms with Crippen LogP contribution < -0.4 is 0 Å². The lowest BCUT2D eigenvalue weighted by molar-refractivity contribution is -0.145. The van der Waals surface area contributed by atoms with Gasteiger partial charge in [0.2, 0.25) is 0 Å². The van der Waals surface area contributed by atoms with Gasteiger partial charge in [0.1, 0.15) is 12.3 Å². The topological polar surface area (TPSA) is 49.1 Å². The van der Waals surface area contributed by atoms with Crippen LogP contribution in [-0.2, 0) is 16.1 Å². The molecule has 118 valence electrons. The normalized spacial score (nSPS) is 12.0. The van der Waals surface area contributed by atoms with Gasteiger partial charge in [0, 0.05) is 24.6 Å². The molecule has 0 saturated heterocycles. The van der Waals surface area contributed by atoms with Crippen LogP contribution in [0, 0.1) is 0 Å². The van der Waals surface area contributed by atoms with E-state index in [4.69, 9.17) is 4.74 Å². The molecule has 0 aliphatic rings. The predicted molar refractivity (Wildman–Crippen MR) is 87.1 cm³/mol. The van der Waals surface area contributed by atoms with E-state index in [0.29, 0.717) is 6.42 Å². The number of esters is 1. The number of ether oxygens (including phenoxy) is 1. The lowest BCUT2D eigenvalue weighted by Crippen LogP contribution is -2.12. The van der Waals surface area contributed by atoms with Gasteiger partial charge in [-0.1, -0.05) is 18.2 Å². The third kappa shape index (κ3) is 3.88. The average molecular weight is 309 g/mol. The van der Waals surface area contributed by atoms with Crippen LogP contribution in [0.3, 0.4) is 0 Å². The van der Waals surface area contributed by atoms with Crippen molar-refractivity contribution in [3.63, 3.8) is 0 Å². The number of aromatic nitrogens is 3. The number of benzene rings is 1. The first-order valence-corrected chi connectivity index (χ1v) is 7.60. The van der Waals surface area contributed by atoms with E-state index in [9.17, 15) is 4.79 Å². The Labute approximate surface area is 135 Å². The van der Waals surface area contributed by atoms with Gasteiger partial charge in [-0.2, -0.15) is 5.10 Å². The maximum Gasteiger partial charge on any atom is 0.308 e. The number of hydrogen-bond acceptors (Lipinski definition) is 3. The SMILES string of the molecule is CC(CC(=O)OCc1ccn(-c2ccccc2)n1)n1cccc1. The van der Waals surface area contributed by atoms with E-state index < -0.39 is 0 Å². The Hall–Kier alpha value is -2.82. The van der Waals surface area contributed by atoms with Gasteiger partial charge in [-0.25, -0.2) is 4.68 Å². The number of carbonyl (C=O) groups is 1. The number of nitrogens with zero attached hydrogens (tertiary/aromatic N) is 3. The maximum atomic E-state index is 11.9. The highest BCUT2D eigenvalue weighted by Gasteiger charge is 2.12. The fraction of sp³-hybridized carbons (Fsp3) is 0.222. The van der Waals surface area contributed by atoms with Gasteiger partial charge in [0.05, 0.1) is 12.1 Å². The first-order valence-electron chi connectivity index (χ1n) is 7.60. The fourth-order valence-electron chi connectivity index (χ4n) is 2.36. The summed E-state index contributed by atoms with van der Waals surface area (Å²) in [4.78, 5) is 11.9. The van der Waals surface area contributed by atoms with Crippen LogP contribution in [0.15, 0.2) is 67.1 Å². The smallest absolute Gasteiger partial charge is 0.308 e. The molecule has 23 heavy (non-hydrogen) atoms. The predicted octanol–water partition coefficient (Wildman–Crippen LogP) is 3.37. The van der Waals surface area contributed by atoms with Crippen molar-refractivity contribution in [1.82, 2.24) is 14.3 Å². The maximum absolute atomic E-state index is 11.9. The molecule has 0 spiro atoms. The van der Waals surface area contributed by atoms with Crippen LogP contribution in [-0.4, -0.2) is 20.3 Å². The highest BCUT2D eigenvalue weighted by atomic mass is 16.5. The van der Waals surface area contributed by atoms with Crippen LogP contribution in [0.4, 0.5) is 0 Å². The molecular formula is C18H19N3O2. The van der Waals surface area contributed by atoms with Crippen molar-refractivity contribution in [2.45, 2.75) is 26.0 Å². The number of rotatable bonds is 6. The van der Waals surface area contributed by atoms with Gasteiger partial charge < -0.3 is 9.30 Å². The summed E-state index contributed by atoms with van der Waals surface area (Å²) < 4.78 is 9.08. The highest BCUT2D eigenvalue weighted by molar-refractivity contribution is 5.69. The summed E-state index contributed by atoms with van der Waals surface area (Å²) in [5, 5.41) is 4.42. The Morgan fingerprint density at radius 2 is 1.83 bits per heavy atom. The summed E-state index contributed by atoms with van der Waals surface area (Å²) in [5.41, 5.74) is 1.71. The molecule has 0 radical (unpaired) electrons. The van der Waals surface area contributed by atoms with Crippen molar-refractivity contribution in [2.24, 2.45) is 0 Å². The molecule has 5 nitrogen and oxygen atoms in total. The first-order chi connectivity index (χ1) is 11.2. The molecule has 1 aromatic carbocycles. The van der Waals surface area contributed by atoms with E-state index in [2.05, 4.69) is 5.10 Å². The third-order valence-corrected chi connectivity index (χ3v) is 3.64. The van der Waals surface area contributed by atoms with Gasteiger partial charge in [-0.05, 0) is 37.3 Å². The quantitative estimate of drug-likeness (QED) is 0.656. The van der Waals surface area contributed by atoms with Crippen LogP contribution in [0.25, 0.3) is 5.69 Å². The molecule has 0 aliphatic carbocycles. The Bertz CT molecular complexity index is 748. The zero-order chi connectivity index (χ0) is 16.1. The van der Waals surface area contributed by atoms with Crippen LogP contribution in [0.5, 0.6) is 0 Å². The van der Waals surface area contributed by atoms with Crippen LogP contribution in [0.2, 0.25) is 0 Å². The molecule has 0 amide bonds. The summed E-state index contributed by atoms with van der Waals surface area (Å²) >= 11 is 0. The molecular weight excluding hydrogens is 290 g/mol. The minimum absolute atomic E-state index is 0.0828. The van der Waals surface area contributed by atoms with Gasteiger partial charge in [0.15, 0.2) is 0 Å². The van der Waals surface area contributed by atoms with Crippen LogP contribution >= 0.6 is 0 Å². The van der Waals surface area contributed by atoms with Gasteiger partial charge >= 0.3 is 5.97 Å². The molecule has 0 aliphatic heterocycles. The van der Waals surface area contributed by atoms with Gasteiger partial charge in [-0.15, -0.1) is 0 Å². The zero-order valence-corrected chi connectivity index (χ0v) is 13.0. The van der Waals surface area contributed by atoms with Crippen molar-refractivity contribution in [3.05, 3.63) is 72.8 Å². The Morgan fingerprint density at radius 3 is 2.57 bits per heavy atom. The standard InChI is InChI=1S/C18H19N3O2/c1-15(20-10-5-6-11-20)13-18(22)23-14-16-9-12-21(19-16)17-7-3-2-4-8-17/h2-12,15H,13-14H2,1H3. The molecule has 1 atom stereocenters. The number of hydrogen-bond donors (Lipinski definition) is 0. The first kappa shape index (κ1) is 15.1. The van der Waals surface area contributed by atoms with E-state index in [0.717, 1.165) is 11.4 Å². The average Bonchev–Trinajstić information content (AvgIpc) is 3.25. The monoisotopic (exact) mass is 309 g/mol. The van der Waals surface area contributed by atoms with E-state index in [1.807, 2.05) is 78.6 Å². The molecule has 0 bridgehead atoms. The largest absolute Gasteiger partial charge is 0.459 e. The van der Waals surface area contributed by atoms with Crippen molar-refractivity contribution < 1.29 is 9.53 Å². The Balaban J connectivity index is 1.52. The van der Waals surface area contributed by atoms with E-state index in [1.54, 1.807) is 4.68 Å². The zero-order valence-electron chi connectivity index (χ0n) is 13.0. The molecule has 0 fully saturated rings. The number of para-hydroxylation sites is 1. The summed E-state index contributed by atoms with van der Waals surface area (Å²) in [6, 6.07) is 15.6. The number of carbonyl (C=O) groups excluding carboxylic acids is 1. The molecule has 2 aromatic heterocycles. The Kier molecular flexibility index (Phi) is 4.57. The van der Waals surface area contributed by atoms with Crippen molar-refractivity contribution in [3.8, 4) is 5.69 Å². The second-order valence-corrected chi connectivity index (χ2v) is 5.43. The molecule has 0 N–H and O–H groups in total. The summed E-state index contributed by atoms with van der Waals surface area (Å²) in [6.45, 7) is 2.18. The second-order valence-electron chi connectivity index (χ2n) is 5.43. The van der Waals surface area contributed by atoms with Crippen molar-refractivity contribution >= 4 is 5.97 Å². The van der Waals surface area contributed by atoms with Gasteiger partial charge in [-0.3, -0.25) is 4.79 Å². The molecule has 2 heterocycles. The molecule has 5 heteroatoms. The van der Waals surface area contributed by atoms with Crippen molar-refractivity contribution in [1.29, 1.82) is 0 Å². The van der Waals surface area contributed by atoms with Gasteiger partial charge in [0.25, 0.3) is 0 Å². The molecule has 1 unspecified atom stereocenters. The molecule has 3 rings (SSSR count). The summed E-state index contributed by atoms with van der Waals surface area (Å²) in [7, 11) is 0. The lowest BCUT2D eigenvalue weighted by Gasteiger charge is -2.12. The molecule has 0 saturated carbocycles. The third-order valence-electron chi connectivity index (χ3n) is 3.64. The fourth-order valence-corrected chi connectivity index (χ4v) is 2.36. The van der Waals surface area contributed by atoms with Crippen LogP contribution in [0.1, 0.15) is 25.1 Å². The highest BCUT2D eigenvalue weighted by Crippen LogP contribution is 2.13. The van der Waals surface area contributed by atoms with E-state index in [1.165, 1.54) is 0 Å². The summed E-state index contributed by atoms with van der Waals surface area (Å²) in [5.74, 6) is -0.222. The lowest BCUT2D eigenvalue weighted by atomic mass is 10.2. The molecule has 3 aromatic rings. The minimum atomic E-state index is -0.222. The minimum Gasteiger partial charge on any atom is -0.459 e. The summed E-state index contributed by atoms with van der Waals surface area (Å²) in [6.07, 6.45) is 6.09. The second kappa shape index (κ2) is 6.96. The van der Waals surface area contributed by atoms with Crippen molar-refractivity contribution in [2.75, 3.05) is 0 Å².